The Morgan fingerprint density at radius 1 is 1.00 bits per heavy atom. The number of halogens is 1. The van der Waals surface area contributed by atoms with Crippen LogP contribution in [0, 0.1) is 0 Å². The number of nitrogens with one attached hydrogen (secondary N) is 1. The number of nitrogens with zero attached hydrogens (tertiary/aromatic N) is 1. The van der Waals surface area contributed by atoms with E-state index in [9.17, 15) is 4.79 Å². The molecule has 1 amide bonds. The summed E-state index contributed by atoms with van der Waals surface area (Å²) in [6, 6.07) is 10.5. The van der Waals surface area contributed by atoms with Gasteiger partial charge in [-0.2, -0.15) is 5.10 Å². The van der Waals surface area contributed by atoms with E-state index in [1.54, 1.807) is 25.1 Å². The summed E-state index contributed by atoms with van der Waals surface area (Å²) in [7, 11) is 0. The van der Waals surface area contributed by atoms with E-state index in [4.69, 9.17) is 25.8 Å². The van der Waals surface area contributed by atoms with Gasteiger partial charge in [-0.15, -0.1) is 0 Å². The maximum Gasteiger partial charge on any atom is 0.271 e. The van der Waals surface area contributed by atoms with Crippen molar-refractivity contribution in [1.29, 1.82) is 0 Å². The second-order valence-corrected chi connectivity index (χ2v) is 6.13. The third-order valence-electron chi connectivity index (χ3n) is 3.76. The molecule has 0 bridgehead atoms. The Morgan fingerprint density at radius 3 is 2.11 bits per heavy atom. The number of benzene rings is 2. The van der Waals surface area contributed by atoms with Crippen molar-refractivity contribution in [2.45, 2.75) is 27.7 Å². The molecular weight excluding hydrogens is 380 g/mol. The van der Waals surface area contributed by atoms with E-state index in [0.29, 0.717) is 53.4 Å². The lowest BCUT2D eigenvalue weighted by Gasteiger charge is -2.16. The van der Waals surface area contributed by atoms with Gasteiger partial charge in [-0.05, 0) is 45.9 Å². The molecular formula is C21H25ClN2O4. The van der Waals surface area contributed by atoms with Crippen molar-refractivity contribution in [3.8, 4) is 17.2 Å². The fourth-order valence-corrected chi connectivity index (χ4v) is 2.81. The highest BCUT2D eigenvalue weighted by molar-refractivity contribution is 6.34. The van der Waals surface area contributed by atoms with E-state index in [2.05, 4.69) is 10.5 Å². The maximum absolute atomic E-state index is 12.6. The molecule has 0 aliphatic carbocycles. The molecule has 2 rings (SSSR count). The van der Waals surface area contributed by atoms with Gasteiger partial charge in [-0.1, -0.05) is 29.8 Å². The lowest BCUT2D eigenvalue weighted by atomic mass is 10.1. The number of hydrazone groups is 1. The SMILES string of the molecule is CCOc1cc(C(=O)N/N=C(/C)c2ccccc2Cl)cc(OCC)c1OCC. The summed E-state index contributed by atoms with van der Waals surface area (Å²) < 4.78 is 16.9. The van der Waals surface area contributed by atoms with Crippen molar-refractivity contribution in [2.24, 2.45) is 5.10 Å². The first-order valence-electron chi connectivity index (χ1n) is 9.17. The zero-order valence-electron chi connectivity index (χ0n) is 16.5. The van der Waals surface area contributed by atoms with Crippen LogP contribution in [-0.2, 0) is 0 Å². The number of hydrogen-bond acceptors (Lipinski definition) is 5. The minimum Gasteiger partial charge on any atom is -0.490 e. The second kappa shape index (κ2) is 10.6. The zero-order valence-corrected chi connectivity index (χ0v) is 17.3. The Hall–Kier alpha value is -2.73. The molecule has 28 heavy (non-hydrogen) atoms. The highest BCUT2D eigenvalue weighted by Gasteiger charge is 2.18. The normalized spacial score (nSPS) is 11.1. The highest BCUT2D eigenvalue weighted by Crippen LogP contribution is 2.39. The lowest BCUT2D eigenvalue weighted by molar-refractivity contribution is 0.0953. The van der Waals surface area contributed by atoms with Crippen LogP contribution in [0.25, 0.3) is 0 Å². The molecule has 0 saturated heterocycles. The van der Waals surface area contributed by atoms with Crippen LogP contribution in [0.4, 0.5) is 0 Å². The molecule has 0 spiro atoms. The van der Waals surface area contributed by atoms with Crippen LogP contribution in [0.2, 0.25) is 5.02 Å². The van der Waals surface area contributed by atoms with E-state index in [0.717, 1.165) is 5.56 Å². The first kappa shape index (κ1) is 21.6. The van der Waals surface area contributed by atoms with Crippen LogP contribution in [0.5, 0.6) is 17.2 Å². The van der Waals surface area contributed by atoms with Gasteiger partial charge in [-0.25, -0.2) is 5.43 Å². The zero-order chi connectivity index (χ0) is 20.5. The van der Waals surface area contributed by atoms with Gasteiger partial charge in [0.25, 0.3) is 5.91 Å². The summed E-state index contributed by atoms with van der Waals surface area (Å²) in [4.78, 5) is 12.6. The molecule has 0 atom stereocenters. The van der Waals surface area contributed by atoms with Crippen molar-refractivity contribution in [1.82, 2.24) is 5.43 Å². The molecule has 0 aromatic heterocycles. The van der Waals surface area contributed by atoms with Gasteiger partial charge in [0.05, 0.1) is 25.5 Å². The Bertz CT molecular complexity index is 825. The van der Waals surface area contributed by atoms with Gasteiger partial charge in [0.2, 0.25) is 5.75 Å². The Balaban J connectivity index is 2.31. The molecule has 1 N–H and O–H groups in total. The van der Waals surface area contributed by atoms with Crippen LogP contribution < -0.4 is 19.6 Å². The predicted octanol–water partition coefficient (Wildman–Crippen LogP) is 4.69. The molecule has 6 nitrogen and oxygen atoms in total. The summed E-state index contributed by atoms with van der Waals surface area (Å²) in [6.07, 6.45) is 0. The van der Waals surface area contributed by atoms with E-state index in [-0.39, 0.29) is 0 Å². The molecule has 150 valence electrons. The first-order valence-corrected chi connectivity index (χ1v) is 9.55. The first-order chi connectivity index (χ1) is 13.5. The lowest BCUT2D eigenvalue weighted by Crippen LogP contribution is -2.20. The second-order valence-electron chi connectivity index (χ2n) is 5.72. The van der Waals surface area contributed by atoms with Crippen LogP contribution in [0.15, 0.2) is 41.5 Å². The third-order valence-corrected chi connectivity index (χ3v) is 4.09. The molecule has 0 aliphatic rings. The number of ether oxygens (including phenoxy) is 3. The van der Waals surface area contributed by atoms with E-state index >= 15 is 0 Å². The molecule has 0 unspecified atom stereocenters. The Morgan fingerprint density at radius 2 is 1.57 bits per heavy atom. The predicted molar refractivity (Wildman–Crippen MR) is 111 cm³/mol. The van der Waals surface area contributed by atoms with E-state index in [1.165, 1.54) is 0 Å². The van der Waals surface area contributed by atoms with Crippen LogP contribution in [-0.4, -0.2) is 31.4 Å². The number of carbonyl (C=O) groups excluding carboxylic acids is 1. The summed E-state index contributed by atoms with van der Waals surface area (Å²) >= 11 is 6.17. The number of rotatable bonds is 9. The maximum atomic E-state index is 12.6. The van der Waals surface area contributed by atoms with Gasteiger partial charge in [0.15, 0.2) is 11.5 Å². The standard InChI is InChI=1S/C21H25ClN2O4/c1-5-26-18-12-15(13-19(27-6-2)20(18)28-7-3)21(25)24-23-14(4)16-10-8-9-11-17(16)22/h8-13H,5-7H2,1-4H3,(H,24,25)/b23-14-. The van der Waals surface area contributed by atoms with Gasteiger partial charge >= 0.3 is 0 Å². The molecule has 7 heteroatoms. The van der Waals surface area contributed by atoms with Gasteiger partial charge in [0.1, 0.15) is 0 Å². The van der Waals surface area contributed by atoms with Gasteiger partial charge in [0, 0.05) is 16.1 Å². The van der Waals surface area contributed by atoms with Crippen molar-refractivity contribution < 1.29 is 19.0 Å². The fourth-order valence-electron chi connectivity index (χ4n) is 2.53. The molecule has 0 heterocycles. The van der Waals surface area contributed by atoms with Crippen molar-refractivity contribution in [3.05, 3.63) is 52.5 Å². The summed E-state index contributed by atoms with van der Waals surface area (Å²) in [5.41, 5.74) is 4.25. The van der Waals surface area contributed by atoms with E-state index < -0.39 is 5.91 Å². The number of amides is 1. The van der Waals surface area contributed by atoms with Crippen LogP contribution in [0.1, 0.15) is 43.6 Å². The average Bonchev–Trinajstić information content (AvgIpc) is 2.68. The average molecular weight is 405 g/mol. The molecule has 0 saturated carbocycles. The number of carbonyl (C=O) groups is 1. The highest BCUT2D eigenvalue weighted by atomic mass is 35.5. The summed E-state index contributed by atoms with van der Waals surface area (Å²) in [5, 5.41) is 4.73. The Kier molecular flexibility index (Phi) is 8.14. The third kappa shape index (κ3) is 5.39. The molecule has 0 radical (unpaired) electrons. The van der Waals surface area contributed by atoms with Gasteiger partial charge in [-0.3, -0.25) is 4.79 Å². The fraction of sp³-hybridized carbons (Fsp3) is 0.333. The molecule has 2 aromatic rings. The monoisotopic (exact) mass is 404 g/mol. The smallest absolute Gasteiger partial charge is 0.271 e. The summed E-state index contributed by atoms with van der Waals surface area (Å²) in [5.74, 6) is 0.995. The van der Waals surface area contributed by atoms with Crippen molar-refractivity contribution in [3.63, 3.8) is 0 Å². The minimum atomic E-state index is -0.392. The number of hydrogen-bond donors (Lipinski definition) is 1. The Labute approximate surface area is 170 Å². The van der Waals surface area contributed by atoms with Crippen molar-refractivity contribution in [2.75, 3.05) is 19.8 Å². The quantitative estimate of drug-likeness (QED) is 0.486. The van der Waals surface area contributed by atoms with Crippen molar-refractivity contribution >= 4 is 23.2 Å². The molecule has 0 aliphatic heterocycles. The van der Waals surface area contributed by atoms with Crippen LogP contribution in [0.3, 0.4) is 0 Å². The summed E-state index contributed by atoms with van der Waals surface area (Å²) in [6.45, 7) is 8.68. The van der Waals surface area contributed by atoms with E-state index in [1.807, 2.05) is 39.0 Å². The van der Waals surface area contributed by atoms with Gasteiger partial charge < -0.3 is 14.2 Å². The minimum absolute atomic E-state index is 0.353. The molecule has 2 aromatic carbocycles. The van der Waals surface area contributed by atoms with Crippen LogP contribution >= 0.6 is 11.6 Å². The molecule has 0 fully saturated rings. The topological polar surface area (TPSA) is 69.2 Å². The largest absolute Gasteiger partial charge is 0.490 e.